The van der Waals surface area contributed by atoms with Crippen molar-refractivity contribution in [2.75, 3.05) is 12.8 Å². The maximum absolute atomic E-state index is 12.7. The zero-order chi connectivity index (χ0) is 15.7. The lowest BCUT2D eigenvalue weighted by Gasteiger charge is -2.09. The van der Waals surface area contributed by atoms with Crippen molar-refractivity contribution in [3.8, 4) is 11.1 Å². The van der Waals surface area contributed by atoms with E-state index >= 15 is 0 Å². The van der Waals surface area contributed by atoms with Crippen LogP contribution in [-0.2, 0) is 9.53 Å². The summed E-state index contributed by atoms with van der Waals surface area (Å²) >= 11 is 0. The van der Waals surface area contributed by atoms with Crippen LogP contribution in [0.15, 0.2) is 48.5 Å². The van der Waals surface area contributed by atoms with Gasteiger partial charge in [0, 0.05) is 17.2 Å². The second kappa shape index (κ2) is 5.64. The lowest BCUT2D eigenvalue weighted by atomic mass is 9.94. The first kappa shape index (κ1) is 14.3. The normalized spacial score (nSPS) is 19.5. The van der Waals surface area contributed by atoms with Gasteiger partial charge in [0.2, 0.25) is 0 Å². The van der Waals surface area contributed by atoms with Crippen molar-refractivity contribution in [2.24, 2.45) is 11.8 Å². The molecule has 1 aliphatic rings. The Labute approximate surface area is 128 Å². The predicted molar refractivity (Wildman–Crippen MR) is 84.2 cm³/mol. The summed E-state index contributed by atoms with van der Waals surface area (Å²) in [5, 5.41) is 0. The van der Waals surface area contributed by atoms with E-state index < -0.39 is 0 Å². The quantitative estimate of drug-likeness (QED) is 0.535. The Morgan fingerprint density at radius 2 is 1.73 bits per heavy atom. The molecule has 0 amide bonds. The number of esters is 1. The largest absolute Gasteiger partial charge is 0.469 e. The van der Waals surface area contributed by atoms with E-state index in [9.17, 15) is 9.59 Å². The molecule has 4 heteroatoms. The number of methoxy groups -OCH3 is 1. The molecule has 1 fully saturated rings. The fraction of sp³-hybridized carbons (Fsp3) is 0.222. The molecule has 0 bridgehead atoms. The van der Waals surface area contributed by atoms with Crippen molar-refractivity contribution in [3.05, 3.63) is 54.1 Å². The average molecular weight is 295 g/mol. The van der Waals surface area contributed by atoms with Gasteiger partial charge in [0.05, 0.1) is 13.0 Å². The molecule has 2 N–H and O–H groups in total. The summed E-state index contributed by atoms with van der Waals surface area (Å²) in [6.45, 7) is 0. The van der Waals surface area contributed by atoms with Crippen LogP contribution in [0.25, 0.3) is 11.1 Å². The number of ketones is 1. The third-order valence-corrected chi connectivity index (χ3v) is 4.05. The molecule has 1 aliphatic carbocycles. The Kier molecular flexibility index (Phi) is 3.67. The molecule has 22 heavy (non-hydrogen) atoms. The summed E-state index contributed by atoms with van der Waals surface area (Å²) in [7, 11) is 1.35. The molecule has 3 rings (SSSR count). The highest BCUT2D eigenvalue weighted by Gasteiger charge is 2.49. The average Bonchev–Trinajstić information content (AvgIpc) is 3.35. The smallest absolute Gasteiger partial charge is 0.309 e. The molecule has 0 heterocycles. The van der Waals surface area contributed by atoms with Crippen LogP contribution in [-0.4, -0.2) is 18.9 Å². The summed E-state index contributed by atoms with van der Waals surface area (Å²) in [4.78, 5) is 24.2. The van der Waals surface area contributed by atoms with E-state index in [1.165, 1.54) is 7.11 Å². The lowest BCUT2D eigenvalue weighted by Crippen LogP contribution is -2.11. The number of carbonyl (C=O) groups is 2. The van der Waals surface area contributed by atoms with E-state index in [4.69, 9.17) is 10.5 Å². The standard InChI is InChI=1S/C18H17NO3/c1-22-18(21)16-10-15(16)17(20)14-5-3-2-4-13(14)11-6-8-12(19)9-7-11/h2-9,15-16H,10,19H2,1H3/t15-,16-/m1/s1. The minimum atomic E-state index is -0.302. The van der Waals surface area contributed by atoms with E-state index in [0.717, 1.165) is 11.1 Å². The minimum Gasteiger partial charge on any atom is -0.469 e. The van der Waals surface area contributed by atoms with Gasteiger partial charge >= 0.3 is 5.97 Å². The molecule has 0 aliphatic heterocycles. The molecule has 112 valence electrons. The second-order valence-electron chi connectivity index (χ2n) is 5.50. The first-order valence-electron chi connectivity index (χ1n) is 7.19. The Bertz CT molecular complexity index is 721. The molecule has 1 saturated carbocycles. The fourth-order valence-corrected chi connectivity index (χ4v) is 2.71. The molecule has 2 aromatic rings. The van der Waals surface area contributed by atoms with Crippen LogP contribution >= 0.6 is 0 Å². The molecule has 0 saturated heterocycles. The Morgan fingerprint density at radius 1 is 1.05 bits per heavy atom. The van der Waals surface area contributed by atoms with E-state index in [1.807, 2.05) is 42.5 Å². The van der Waals surface area contributed by atoms with Gasteiger partial charge < -0.3 is 10.5 Å². The van der Waals surface area contributed by atoms with Crippen LogP contribution in [0.2, 0.25) is 0 Å². The van der Waals surface area contributed by atoms with Gasteiger partial charge in [0.25, 0.3) is 0 Å². The maximum atomic E-state index is 12.7. The van der Waals surface area contributed by atoms with E-state index in [0.29, 0.717) is 17.7 Å². The van der Waals surface area contributed by atoms with Crippen LogP contribution in [0.5, 0.6) is 0 Å². The zero-order valence-corrected chi connectivity index (χ0v) is 12.3. The Balaban J connectivity index is 1.91. The van der Waals surface area contributed by atoms with Gasteiger partial charge in [0.1, 0.15) is 0 Å². The number of hydrogen-bond donors (Lipinski definition) is 1. The molecular formula is C18H17NO3. The summed E-state index contributed by atoms with van der Waals surface area (Å²) in [6, 6.07) is 14.9. The maximum Gasteiger partial charge on any atom is 0.309 e. The van der Waals surface area contributed by atoms with Gasteiger partial charge in [-0.2, -0.15) is 0 Å². The molecule has 0 aromatic heterocycles. The molecular weight excluding hydrogens is 278 g/mol. The van der Waals surface area contributed by atoms with Crippen molar-refractivity contribution < 1.29 is 14.3 Å². The van der Waals surface area contributed by atoms with Crippen LogP contribution in [0.4, 0.5) is 5.69 Å². The molecule has 0 spiro atoms. The third-order valence-electron chi connectivity index (χ3n) is 4.05. The topological polar surface area (TPSA) is 69.4 Å². The number of nitrogen functional groups attached to an aromatic ring is 1. The predicted octanol–water partition coefficient (Wildman–Crippen LogP) is 2.93. The number of anilines is 1. The van der Waals surface area contributed by atoms with Crippen molar-refractivity contribution in [1.29, 1.82) is 0 Å². The first-order valence-corrected chi connectivity index (χ1v) is 7.19. The van der Waals surface area contributed by atoms with E-state index in [2.05, 4.69) is 0 Å². The highest BCUT2D eigenvalue weighted by atomic mass is 16.5. The van der Waals surface area contributed by atoms with Gasteiger partial charge in [-0.15, -0.1) is 0 Å². The van der Waals surface area contributed by atoms with Gasteiger partial charge in [-0.3, -0.25) is 9.59 Å². The van der Waals surface area contributed by atoms with E-state index in [-0.39, 0.29) is 23.6 Å². The minimum absolute atomic E-state index is 0.00262. The van der Waals surface area contributed by atoms with Crippen molar-refractivity contribution in [2.45, 2.75) is 6.42 Å². The van der Waals surface area contributed by atoms with Gasteiger partial charge in [-0.05, 0) is 29.7 Å². The first-order chi connectivity index (χ1) is 10.6. The number of hydrogen-bond acceptors (Lipinski definition) is 4. The molecule has 0 unspecified atom stereocenters. The highest BCUT2D eigenvalue weighted by Crippen LogP contribution is 2.43. The molecule has 2 atom stereocenters. The third kappa shape index (κ3) is 2.60. The number of rotatable bonds is 4. The second-order valence-corrected chi connectivity index (χ2v) is 5.50. The SMILES string of the molecule is COC(=O)[C@@H]1C[C@H]1C(=O)c1ccccc1-c1ccc(N)cc1. The van der Waals surface area contributed by atoms with E-state index in [1.54, 1.807) is 6.07 Å². The molecule has 0 radical (unpaired) electrons. The number of nitrogens with two attached hydrogens (primary N) is 1. The lowest BCUT2D eigenvalue weighted by molar-refractivity contribution is -0.142. The van der Waals surface area contributed by atoms with Crippen molar-refractivity contribution in [1.82, 2.24) is 0 Å². The monoisotopic (exact) mass is 295 g/mol. The van der Waals surface area contributed by atoms with Crippen LogP contribution in [0.3, 0.4) is 0 Å². The summed E-state index contributed by atoms with van der Waals surface area (Å²) in [5.41, 5.74) is 8.83. The fourth-order valence-electron chi connectivity index (χ4n) is 2.71. The van der Waals surface area contributed by atoms with Crippen molar-refractivity contribution in [3.63, 3.8) is 0 Å². The summed E-state index contributed by atoms with van der Waals surface area (Å²) in [5.74, 6) is -0.856. The van der Waals surface area contributed by atoms with Gasteiger partial charge in [-0.25, -0.2) is 0 Å². The summed E-state index contributed by atoms with van der Waals surface area (Å²) < 4.78 is 4.71. The number of ether oxygens (including phenoxy) is 1. The number of benzene rings is 2. The number of Topliss-reactive ketones (excluding diaryl/α,β-unsaturated/α-hetero) is 1. The van der Waals surface area contributed by atoms with Gasteiger partial charge in [-0.1, -0.05) is 36.4 Å². The molecule has 2 aromatic carbocycles. The summed E-state index contributed by atoms with van der Waals surface area (Å²) in [6.07, 6.45) is 0.571. The van der Waals surface area contributed by atoms with Crippen LogP contribution in [0, 0.1) is 11.8 Å². The zero-order valence-electron chi connectivity index (χ0n) is 12.3. The van der Waals surface area contributed by atoms with Crippen molar-refractivity contribution >= 4 is 17.4 Å². The van der Waals surface area contributed by atoms with Crippen LogP contribution < -0.4 is 5.73 Å². The van der Waals surface area contributed by atoms with Gasteiger partial charge in [0.15, 0.2) is 5.78 Å². The van der Waals surface area contributed by atoms with Crippen LogP contribution in [0.1, 0.15) is 16.8 Å². The Hall–Kier alpha value is -2.62. The highest BCUT2D eigenvalue weighted by molar-refractivity contribution is 6.07. The Morgan fingerprint density at radius 3 is 2.41 bits per heavy atom. The number of carbonyl (C=O) groups excluding carboxylic acids is 2. The molecule has 4 nitrogen and oxygen atoms in total.